The number of nitrogens with zero attached hydrogens (tertiary/aromatic N) is 1. The fourth-order valence-corrected chi connectivity index (χ4v) is 3.37. The van der Waals surface area contributed by atoms with Gasteiger partial charge >= 0.3 is 0 Å². The minimum absolute atomic E-state index is 0.253. The quantitative estimate of drug-likeness (QED) is 0.821. The van der Waals surface area contributed by atoms with Gasteiger partial charge in [-0.3, -0.25) is 0 Å². The van der Waals surface area contributed by atoms with E-state index in [0.29, 0.717) is 18.9 Å². The summed E-state index contributed by atoms with van der Waals surface area (Å²) < 4.78 is 26.8. The Morgan fingerprint density at radius 3 is 2.70 bits per heavy atom. The molecule has 2 N–H and O–H groups in total. The van der Waals surface area contributed by atoms with Gasteiger partial charge in [0.05, 0.1) is 17.4 Å². The van der Waals surface area contributed by atoms with Gasteiger partial charge in [-0.25, -0.2) is 13.1 Å². The first-order chi connectivity index (χ1) is 9.62. The second-order valence-electron chi connectivity index (χ2n) is 5.02. The zero-order chi connectivity index (χ0) is 14.4. The second-order valence-corrected chi connectivity index (χ2v) is 6.79. The SMILES string of the molecule is N#CCc1ccc(S(=O)(=O)NCCC2CCNC2)cc1. The molecule has 0 radical (unpaired) electrons. The van der Waals surface area contributed by atoms with Crippen LogP contribution in [0.3, 0.4) is 0 Å². The van der Waals surface area contributed by atoms with Gasteiger partial charge in [-0.05, 0) is 49.5 Å². The largest absolute Gasteiger partial charge is 0.316 e. The van der Waals surface area contributed by atoms with Gasteiger partial charge in [0.25, 0.3) is 0 Å². The van der Waals surface area contributed by atoms with E-state index in [9.17, 15) is 8.42 Å². The highest BCUT2D eigenvalue weighted by Gasteiger charge is 2.17. The zero-order valence-corrected chi connectivity index (χ0v) is 12.1. The summed E-state index contributed by atoms with van der Waals surface area (Å²) in [7, 11) is -3.44. The van der Waals surface area contributed by atoms with E-state index in [2.05, 4.69) is 10.0 Å². The van der Waals surface area contributed by atoms with E-state index >= 15 is 0 Å². The summed E-state index contributed by atoms with van der Waals surface area (Å²) in [5, 5.41) is 11.8. The standard InChI is InChI=1S/C14H19N3O2S/c15-8-5-12-1-3-14(4-2-12)20(18,19)17-10-7-13-6-9-16-11-13/h1-4,13,16-17H,5-7,9-11H2. The van der Waals surface area contributed by atoms with Gasteiger partial charge in [-0.1, -0.05) is 12.1 Å². The van der Waals surface area contributed by atoms with Crippen molar-refractivity contribution >= 4 is 10.0 Å². The highest BCUT2D eigenvalue weighted by Crippen LogP contribution is 2.13. The maximum Gasteiger partial charge on any atom is 0.240 e. The molecule has 1 atom stereocenters. The number of benzene rings is 1. The van der Waals surface area contributed by atoms with Crippen molar-refractivity contribution in [3.8, 4) is 6.07 Å². The van der Waals surface area contributed by atoms with E-state index in [1.165, 1.54) is 0 Å². The third kappa shape index (κ3) is 4.04. The van der Waals surface area contributed by atoms with Crippen molar-refractivity contribution < 1.29 is 8.42 Å². The van der Waals surface area contributed by atoms with Crippen molar-refractivity contribution in [2.45, 2.75) is 24.2 Å². The number of rotatable bonds is 6. The van der Waals surface area contributed by atoms with Crippen LogP contribution in [0.5, 0.6) is 0 Å². The molecule has 0 spiro atoms. The Labute approximate surface area is 120 Å². The van der Waals surface area contributed by atoms with Crippen LogP contribution >= 0.6 is 0 Å². The summed E-state index contributed by atoms with van der Waals surface area (Å²) in [4.78, 5) is 0.253. The Kier molecular flexibility index (Phi) is 5.12. The number of nitrogens with one attached hydrogen (secondary N) is 2. The Morgan fingerprint density at radius 1 is 1.35 bits per heavy atom. The molecule has 108 valence electrons. The molecule has 1 aromatic carbocycles. The predicted molar refractivity (Wildman–Crippen MR) is 76.5 cm³/mol. The Bertz CT molecular complexity index is 569. The van der Waals surface area contributed by atoms with Crippen LogP contribution in [0.15, 0.2) is 29.2 Å². The Morgan fingerprint density at radius 2 is 2.10 bits per heavy atom. The molecule has 0 amide bonds. The van der Waals surface area contributed by atoms with E-state index in [1.54, 1.807) is 24.3 Å². The average molecular weight is 293 g/mol. The summed E-state index contributed by atoms with van der Waals surface area (Å²) in [5.41, 5.74) is 0.823. The molecule has 6 heteroatoms. The molecule has 1 aromatic rings. The van der Waals surface area contributed by atoms with Gasteiger partial charge in [0.1, 0.15) is 0 Å². The molecule has 2 rings (SSSR count). The molecule has 1 unspecified atom stereocenters. The van der Waals surface area contributed by atoms with Crippen molar-refractivity contribution in [1.82, 2.24) is 10.0 Å². The Hall–Kier alpha value is -1.42. The van der Waals surface area contributed by atoms with E-state index in [0.717, 1.165) is 31.5 Å². The van der Waals surface area contributed by atoms with E-state index < -0.39 is 10.0 Å². The number of nitriles is 1. The third-order valence-corrected chi connectivity index (χ3v) is 5.00. The van der Waals surface area contributed by atoms with Gasteiger partial charge in [-0.2, -0.15) is 5.26 Å². The van der Waals surface area contributed by atoms with Crippen LogP contribution in [-0.2, 0) is 16.4 Å². The molecule has 1 heterocycles. The third-order valence-electron chi connectivity index (χ3n) is 3.52. The van der Waals surface area contributed by atoms with Crippen molar-refractivity contribution in [1.29, 1.82) is 5.26 Å². The molecular weight excluding hydrogens is 274 g/mol. The molecule has 1 fully saturated rings. The minimum atomic E-state index is -3.44. The topological polar surface area (TPSA) is 82.0 Å². The second kappa shape index (κ2) is 6.84. The first-order valence-electron chi connectivity index (χ1n) is 6.78. The minimum Gasteiger partial charge on any atom is -0.316 e. The molecular formula is C14H19N3O2S. The highest BCUT2D eigenvalue weighted by molar-refractivity contribution is 7.89. The van der Waals surface area contributed by atoms with Gasteiger partial charge in [0, 0.05) is 6.54 Å². The maximum atomic E-state index is 12.1. The summed E-state index contributed by atoms with van der Waals surface area (Å²) in [6, 6.07) is 8.49. The monoisotopic (exact) mass is 293 g/mol. The Balaban J connectivity index is 1.90. The van der Waals surface area contributed by atoms with E-state index in [4.69, 9.17) is 5.26 Å². The summed E-state index contributed by atoms with van der Waals surface area (Å²) >= 11 is 0. The first kappa shape index (κ1) is 15.0. The number of hydrogen-bond acceptors (Lipinski definition) is 4. The maximum absolute atomic E-state index is 12.1. The van der Waals surface area contributed by atoms with Gasteiger partial charge < -0.3 is 5.32 Å². The van der Waals surface area contributed by atoms with Crippen molar-refractivity contribution in [3.63, 3.8) is 0 Å². The lowest BCUT2D eigenvalue weighted by Gasteiger charge is -2.10. The van der Waals surface area contributed by atoms with E-state index in [1.807, 2.05) is 6.07 Å². The fraction of sp³-hybridized carbons (Fsp3) is 0.500. The zero-order valence-electron chi connectivity index (χ0n) is 11.3. The molecule has 0 aliphatic carbocycles. The van der Waals surface area contributed by atoms with Crippen LogP contribution in [0.1, 0.15) is 18.4 Å². The molecule has 0 aromatic heterocycles. The fourth-order valence-electron chi connectivity index (χ4n) is 2.32. The molecule has 1 aliphatic rings. The predicted octanol–water partition coefficient (Wildman–Crippen LogP) is 1.03. The summed E-state index contributed by atoms with van der Waals surface area (Å²) in [6.07, 6.45) is 2.27. The van der Waals surface area contributed by atoms with Crippen LogP contribution < -0.4 is 10.0 Å². The van der Waals surface area contributed by atoms with Gasteiger partial charge in [0.2, 0.25) is 10.0 Å². The van der Waals surface area contributed by atoms with Crippen molar-refractivity contribution in [2.75, 3.05) is 19.6 Å². The highest BCUT2D eigenvalue weighted by atomic mass is 32.2. The average Bonchev–Trinajstić information content (AvgIpc) is 2.93. The molecule has 1 aliphatic heterocycles. The smallest absolute Gasteiger partial charge is 0.240 e. The number of sulfonamides is 1. The van der Waals surface area contributed by atoms with Crippen LogP contribution in [0.2, 0.25) is 0 Å². The molecule has 5 nitrogen and oxygen atoms in total. The molecule has 0 bridgehead atoms. The normalized spacial score (nSPS) is 18.9. The molecule has 1 saturated heterocycles. The molecule has 0 saturated carbocycles. The van der Waals surface area contributed by atoms with Crippen LogP contribution in [0.4, 0.5) is 0 Å². The van der Waals surface area contributed by atoms with E-state index in [-0.39, 0.29) is 4.90 Å². The number of hydrogen-bond donors (Lipinski definition) is 2. The summed E-state index contributed by atoms with van der Waals surface area (Å²) in [5.74, 6) is 0.565. The van der Waals surface area contributed by atoms with Crippen LogP contribution in [0, 0.1) is 17.2 Å². The van der Waals surface area contributed by atoms with Crippen LogP contribution in [0.25, 0.3) is 0 Å². The molecule has 20 heavy (non-hydrogen) atoms. The van der Waals surface area contributed by atoms with Crippen molar-refractivity contribution in [2.24, 2.45) is 5.92 Å². The van der Waals surface area contributed by atoms with Crippen molar-refractivity contribution in [3.05, 3.63) is 29.8 Å². The lowest BCUT2D eigenvalue weighted by atomic mass is 10.1. The summed E-state index contributed by atoms with van der Waals surface area (Å²) in [6.45, 7) is 2.47. The van der Waals surface area contributed by atoms with Gasteiger partial charge in [-0.15, -0.1) is 0 Å². The van der Waals surface area contributed by atoms with Crippen LogP contribution in [-0.4, -0.2) is 28.1 Å². The van der Waals surface area contributed by atoms with Gasteiger partial charge in [0.15, 0.2) is 0 Å². The lowest BCUT2D eigenvalue weighted by Crippen LogP contribution is -2.26. The lowest BCUT2D eigenvalue weighted by molar-refractivity contribution is 0.519. The first-order valence-corrected chi connectivity index (χ1v) is 8.26.